The number of benzene rings is 2. The average Bonchev–Trinajstić information content (AvgIpc) is 3.29. The van der Waals surface area contributed by atoms with Crippen LogP contribution in [0.25, 0.3) is 0 Å². The Kier molecular flexibility index (Phi) is 5.70. The van der Waals surface area contributed by atoms with Crippen LogP contribution in [-0.2, 0) is 11.2 Å². The predicted octanol–water partition coefficient (Wildman–Crippen LogP) is 3.19. The molecule has 0 aliphatic carbocycles. The van der Waals surface area contributed by atoms with Crippen LogP contribution in [0.5, 0.6) is 5.75 Å². The Morgan fingerprint density at radius 3 is 1.86 bits per heavy atom. The summed E-state index contributed by atoms with van der Waals surface area (Å²) < 4.78 is 5.18. The Labute approximate surface area is 167 Å². The standard InChI is InChI=1S/C23H29N3O2/c1-28-22-10-4-19(5-11-22)18-23(27)26-16-14-25(15-17-26)21-8-6-20(7-9-21)24-12-2-3-13-24/h4-11H,2-3,12-18H2,1H3. The first-order chi connectivity index (χ1) is 13.7. The Hall–Kier alpha value is -2.69. The van der Waals surface area contributed by atoms with Crippen LogP contribution in [0, 0.1) is 0 Å². The second-order valence-electron chi connectivity index (χ2n) is 7.60. The van der Waals surface area contributed by atoms with Gasteiger partial charge < -0.3 is 19.4 Å². The quantitative estimate of drug-likeness (QED) is 0.799. The van der Waals surface area contributed by atoms with E-state index in [4.69, 9.17) is 4.74 Å². The lowest BCUT2D eigenvalue weighted by molar-refractivity contribution is -0.130. The maximum atomic E-state index is 12.6. The zero-order valence-corrected chi connectivity index (χ0v) is 16.6. The number of rotatable bonds is 5. The molecule has 2 heterocycles. The smallest absolute Gasteiger partial charge is 0.227 e. The summed E-state index contributed by atoms with van der Waals surface area (Å²) in [5.41, 5.74) is 3.62. The first-order valence-electron chi connectivity index (χ1n) is 10.2. The zero-order chi connectivity index (χ0) is 19.3. The van der Waals surface area contributed by atoms with Crippen molar-refractivity contribution in [3.8, 4) is 5.75 Å². The number of carbonyl (C=O) groups is 1. The first-order valence-corrected chi connectivity index (χ1v) is 10.2. The van der Waals surface area contributed by atoms with E-state index in [2.05, 4.69) is 34.1 Å². The summed E-state index contributed by atoms with van der Waals surface area (Å²) in [4.78, 5) is 19.5. The molecule has 2 fully saturated rings. The molecule has 2 aromatic rings. The fourth-order valence-electron chi connectivity index (χ4n) is 4.09. The number of ether oxygens (including phenoxy) is 1. The van der Waals surface area contributed by atoms with E-state index in [9.17, 15) is 4.79 Å². The number of methoxy groups -OCH3 is 1. The number of hydrogen-bond donors (Lipinski definition) is 0. The summed E-state index contributed by atoms with van der Waals surface area (Å²) in [5, 5.41) is 0. The molecule has 5 nitrogen and oxygen atoms in total. The third-order valence-corrected chi connectivity index (χ3v) is 5.83. The van der Waals surface area contributed by atoms with Crippen LogP contribution < -0.4 is 14.5 Å². The van der Waals surface area contributed by atoms with Gasteiger partial charge in [-0.05, 0) is 54.8 Å². The summed E-state index contributed by atoms with van der Waals surface area (Å²) in [5.74, 6) is 1.02. The van der Waals surface area contributed by atoms with Crippen LogP contribution >= 0.6 is 0 Å². The molecular weight excluding hydrogens is 350 g/mol. The first kappa shape index (κ1) is 18.7. The van der Waals surface area contributed by atoms with E-state index in [0.717, 1.165) is 37.5 Å². The number of amides is 1. The van der Waals surface area contributed by atoms with Crippen molar-refractivity contribution in [3.05, 3.63) is 54.1 Å². The van der Waals surface area contributed by atoms with Gasteiger partial charge in [0.2, 0.25) is 5.91 Å². The third kappa shape index (κ3) is 4.24. The molecule has 28 heavy (non-hydrogen) atoms. The summed E-state index contributed by atoms with van der Waals surface area (Å²) in [7, 11) is 1.65. The molecule has 2 aliphatic rings. The second kappa shape index (κ2) is 8.55. The van der Waals surface area contributed by atoms with E-state index in [1.807, 2.05) is 29.2 Å². The van der Waals surface area contributed by atoms with Crippen LogP contribution in [0.3, 0.4) is 0 Å². The summed E-state index contributed by atoms with van der Waals surface area (Å²) in [6, 6.07) is 16.7. The molecule has 0 aromatic heterocycles. The molecule has 5 heteroatoms. The molecular formula is C23H29N3O2. The van der Waals surface area contributed by atoms with Gasteiger partial charge in [0.25, 0.3) is 0 Å². The van der Waals surface area contributed by atoms with Crippen molar-refractivity contribution in [2.45, 2.75) is 19.3 Å². The van der Waals surface area contributed by atoms with Gasteiger partial charge >= 0.3 is 0 Å². The average molecular weight is 380 g/mol. The van der Waals surface area contributed by atoms with Gasteiger partial charge in [0.05, 0.1) is 13.5 Å². The lowest BCUT2D eigenvalue weighted by Gasteiger charge is -2.36. The molecule has 0 unspecified atom stereocenters. The van der Waals surface area contributed by atoms with E-state index in [1.165, 1.54) is 37.3 Å². The normalized spacial score (nSPS) is 17.1. The SMILES string of the molecule is COc1ccc(CC(=O)N2CCN(c3ccc(N4CCCC4)cc3)CC2)cc1. The van der Waals surface area contributed by atoms with E-state index < -0.39 is 0 Å². The van der Waals surface area contributed by atoms with Gasteiger partial charge in [0.1, 0.15) is 5.75 Å². The van der Waals surface area contributed by atoms with E-state index in [1.54, 1.807) is 7.11 Å². The van der Waals surface area contributed by atoms with Crippen LogP contribution in [0.15, 0.2) is 48.5 Å². The topological polar surface area (TPSA) is 36.0 Å². The van der Waals surface area contributed by atoms with Crippen LogP contribution in [0.1, 0.15) is 18.4 Å². The molecule has 0 atom stereocenters. The van der Waals surface area contributed by atoms with E-state index in [-0.39, 0.29) is 5.91 Å². The zero-order valence-electron chi connectivity index (χ0n) is 16.6. The van der Waals surface area contributed by atoms with Crippen LogP contribution in [-0.4, -0.2) is 57.2 Å². The number of carbonyl (C=O) groups excluding carboxylic acids is 1. The number of piperazine rings is 1. The van der Waals surface area contributed by atoms with Gasteiger partial charge in [-0.15, -0.1) is 0 Å². The summed E-state index contributed by atoms with van der Waals surface area (Å²) in [6.07, 6.45) is 3.05. The van der Waals surface area contributed by atoms with Gasteiger partial charge in [0, 0.05) is 50.6 Å². The molecule has 4 rings (SSSR count). The van der Waals surface area contributed by atoms with E-state index in [0.29, 0.717) is 6.42 Å². The monoisotopic (exact) mass is 379 g/mol. The van der Waals surface area contributed by atoms with Gasteiger partial charge in [-0.3, -0.25) is 4.79 Å². The highest BCUT2D eigenvalue weighted by Gasteiger charge is 2.21. The largest absolute Gasteiger partial charge is 0.497 e. The molecule has 2 aromatic carbocycles. The fourth-order valence-corrected chi connectivity index (χ4v) is 4.09. The summed E-state index contributed by atoms with van der Waals surface area (Å²) >= 11 is 0. The van der Waals surface area contributed by atoms with Crippen molar-refractivity contribution in [1.29, 1.82) is 0 Å². The van der Waals surface area contributed by atoms with Crippen molar-refractivity contribution >= 4 is 17.3 Å². The Morgan fingerprint density at radius 2 is 1.32 bits per heavy atom. The maximum Gasteiger partial charge on any atom is 0.227 e. The molecule has 0 bridgehead atoms. The molecule has 1 amide bonds. The Balaban J connectivity index is 1.29. The third-order valence-electron chi connectivity index (χ3n) is 5.83. The fraction of sp³-hybridized carbons (Fsp3) is 0.435. The highest BCUT2D eigenvalue weighted by molar-refractivity contribution is 5.79. The number of nitrogens with zero attached hydrogens (tertiary/aromatic N) is 3. The highest BCUT2D eigenvalue weighted by atomic mass is 16.5. The van der Waals surface area contributed by atoms with Gasteiger partial charge in [-0.2, -0.15) is 0 Å². The number of anilines is 2. The molecule has 0 saturated carbocycles. The van der Waals surface area contributed by atoms with E-state index >= 15 is 0 Å². The highest BCUT2D eigenvalue weighted by Crippen LogP contribution is 2.24. The van der Waals surface area contributed by atoms with Crippen molar-refractivity contribution in [2.24, 2.45) is 0 Å². The summed E-state index contributed by atoms with van der Waals surface area (Å²) in [6.45, 7) is 5.68. The molecule has 0 spiro atoms. The minimum Gasteiger partial charge on any atom is -0.497 e. The molecule has 2 saturated heterocycles. The molecule has 0 radical (unpaired) electrons. The van der Waals surface area contributed by atoms with Crippen molar-refractivity contribution in [3.63, 3.8) is 0 Å². The second-order valence-corrected chi connectivity index (χ2v) is 7.60. The molecule has 2 aliphatic heterocycles. The number of hydrogen-bond acceptors (Lipinski definition) is 4. The van der Waals surface area contributed by atoms with Crippen molar-refractivity contribution < 1.29 is 9.53 Å². The van der Waals surface area contributed by atoms with Crippen LogP contribution in [0.2, 0.25) is 0 Å². The van der Waals surface area contributed by atoms with Gasteiger partial charge in [-0.25, -0.2) is 0 Å². The van der Waals surface area contributed by atoms with Crippen LogP contribution in [0.4, 0.5) is 11.4 Å². The van der Waals surface area contributed by atoms with Gasteiger partial charge in [0.15, 0.2) is 0 Å². The molecule has 148 valence electrons. The lowest BCUT2D eigenvalue weighted by Crippen LogP contribution is -2.49. The minimum absolute atomic E-state index is 0.203. The minimum atomic E-state index is 0.203. The van der Waals surface area contributed by atoms with Crippen molar-refractivity contribution in [2.75, 3.05) is 56.2 Å². The lowest BCUT2D eigenvalue weighted by atomic mass is 10.1. The Bertz CT molecular complexity index is 774. The Morgan fingerprint density at radius 1 is 0.786 bits per heavy atom. The predicted molar refractivity (Wildman–Crippen MR) is 113 cm³/mol. The molecule has 0 N–H and O–H groups in total. The maximum absolute atomic E-state index is 12.6. The van der Waals surface area contributed by atoms with Gasteiger partial charge in [-0.1, -0.05) is 12.1 Å². The van der Waals surface area contributed by atoms with Crippen molar-refractivity contribution in [1.82, 2.24) is 4.90 Å².